The Hall–Kier alpha value is -0.0551. The molecule has 0 unspecified atom stereocenters. The summed E-state index contributed by atoms with van der Waals surface area (Å²) in [6.07, 6.45) is 0.326. The van der Waals surface area contributed by atoms with Gasteiger partial charge in [-0.3, -0.25) is 0 Å². The van der Waals surface area contributed by atoms with Gasteiger partial charge in [0.1, 0.15) is 0 Å². The number of rotatable bonds is 6. The minimum absolute atomic E-state index is 0.109. The van der Waals surface area contributed by atoms with Gasteiger partial charge in [-0.1, -0.05) is 0 Å². The lowest BCUT2D eigenvalue weighted by Crippen LogP contribution is -2.47. The van der Waals surface area contributed by atoms with Crippen LogP contribution in [0.3, 0.4) is 0 Å². The second-order valence-corrected chi connectivity index (χ2v) is 4.55. The van der Waals surface area contributed by atoms with Crippen LogP contribution in [-0.2, 0) is 14.0 Å². The van der Waals surface area contributed by atoms with Crippen molar-refractivity contribution in [3.8, 4) is 0 Å². The van der Waals surface area contributed by atoms with E-state index in [2.05, 4.69) is 0 Å². The van der Waals surface area contributed by atoms with Crippen LogP contribution in [0.25, 0.3) is 0 Å². The summed E-state index contributed by atoms with van der Waals surface area (Å²) in [5, 5.41) is 0. The molecule has 0 spiro atoms. The molecular weight excluding hydrogens is 179 g/mol. The van der Waals surface area contributed by atoms with Crippen molar-refractivity contribution in [1.29, 1.82) is 0 Å². The second kappa shape index (κ2) is 5.74. The van der Waals surface area contributed by atoms with Gasteiger partial charge in [-0.15, -0.1) is 6.82 Å². The predicted octanol–water partition coefficient (Wildman–Crippen LogP) is 2.83. The van der Waals surface area contributed by atoms with E-state index in [-0.39, 0.29) is 18.3 Å². The molecule has 0 saturated carbocycles. The predicted molar refractivity (Wildman–Crippen MR) is 60.3 cm³/mol. The molecule has 0 heterocycles. The quantitative estimate of drug-likeness (QED) is 0.621. The van der Waals surface area contributed by atoms with E-state index < -0.39 is 6.75 Å². The highest BCUT2D eigenvalue weighted by Gasteiger charge is 2.26. The average Bonchev–Trinajstić information content (AvgIpc) is 1.76. The molecule has 0 fully saturated rings. The first-order chi connectivity index (χ1) is 6.25. The van der Waals surface area contributed by atoms with E-state index in [1.54, 1.807) is 0 Å². The van der Waals surface area contributed by atoms with Crippen LogP contribution in [-0.4, -0.2) is 25.1 Å². The van der Waals surface area contributed by atoms with Gasteiger partial charge in [0.05, 0.1) is 0 Å². The van der Waals surface area contributed by atoms with E-state index in [0.717, 1.165) is 0 Å². The summed E-state index contributed by atoms with van der Waals surface area (Å²) in [7, 11) is 0. The standard InChI is InChI=1S/C10H24BO3/c1-8(2)12-11(7,13-9(3)4)14-10(5)6/h8-10H,1-7H3/q-1. The molecule has 0 amide bonds. The summed E-state index contributed by atoms with van der Waals surface area (Å²) < 4.78 is 17.0. The van der Waals surface area contributed by atoms with Gasteiger partial charge in [-0.25, -0.2) is 0 Å². The topological polar surface area (TPSA) is 27.7 Å². The van der Waals surface area contributed by atoms with E-state index in [4.69, 9.17) is 14.0 Å². The Kier molecular flexibility index (Phi) is 5.71. The van der Waals surface area contributed by atoms with Crippen LogP contribution < -0.4 is 0 Å². The second-order valence-electron chi connectivity index (χ2n) is 4.55. The molecule has 3 nitrogen and oxygen atoms in total. The fourth-order valence-corrected chi connectivity index (χ4v) is 1.58. The molecule has 0 bridgehead atoms. The van der Waals surface area contributed by atoms with Gasteiger partial charge in [-0.2, -0.15) is 0 Å². The average molecular weight is 203 g/mol. The summed E-state index contributed by atoms with van der Waals surface area (Å²) >= 11 is 0. The van der Waals surface area contributed by atoms with Crippen molar-refractivity contribution in [2.24, 2.45) is 0 Å². The maximum Gasteiger partial charge on any atom is 0.376 e. The molecule has 4 heteroatoms. The fourth-order valence-electron chi connectivity index (χ4n) is 1.58. The number of hydrogen-bond donors (Lipinski definition) is 0. The Morgan fingerprint density at radius 1 is 0.643 bits per heavy atom. The van der Waals surface area contributed by atoms with Gasteiger partial charge in [0.15, 0.2) is 0 Å². The van der Waals surface area contributed by atoms with Crippen molar-refractivity contribution in [3.63, 3.8) is 0 Å². The van der Waals surface area contributed by atoms with E-state index >= 15 is 0 Å². The molecule has 0 N–H and O–H groups in total. The SMILES string of the molecule is CC(C)O[B-](C)(OC(C)C)OC(C)C. The zero-order valence-corrected chi connectivity index (χ0v) is 10.5. The molecule has 0 aromatic rings. The van der Waals surface area contributed by atoms with Crippen molar-refractivity contribution in [2.75, 3.05) is 0 Å². The molecule has 0 rings (SSSR count). The van der Waals surface area contributed by atoms with Crippen LogP contribution >= 0.6 is 0 Å². The van der Waals surface area contributed by atoms with Crippen LogP contribution in [0, 0.1) is 0 Å². The maximum absolute atomic E-state index is 5.68. The third-order valence-corrected chi connectivity index (χ3v) is 1.56. The third-order valence-electron chi connectivity index (χ3n) is 1.56. The summed E-state index contributed by atoms with van der Waals surface area (Å²) in [6.45, 7) is 12.1. The van der Waals surface area contributed by atoms with Gasteiger partial charge in [0.25, 0.3) is 0 Å². The normalized spacial score (nSPS) is 13.3. The summed E-state index contributed by atoms with van der Waals surface area (Å²) in [5.74, 6) is 0. The Morgan fingerprint density at radius 3 is 1.00 bits per heavy atom. The van der Waals surface area contributed by atoms with Crippen molar-refractivity contribution in [1.82, 2.24) is 0 Å². The Balaban J connectivity index is 4.32. The van der Waals surface area contributed by atoms with Gasteiger partial charge in [0.2, 0.25) is 0 Å². The van der Waals surface area contributed by atoms with E-state index in [1.165, 1.54) is 0 Å². The van der Waals surface area contributed by atoms with Crippen LogP contribution in [0.1, 0.15) is 41.5 Å². The summed E-state index contributed by atoms with van der Waals surface area (Å²) in [4.78, 5) is 0. The molecule has 0 radical (unpaired) electrons. The van der Waals surface area contributed by atoms with Gasteiger partial charge in [-0.05, 0) is 41.5 Å². The molecule has 0 aromatic heterocycles. The van der Waals surface area contributed by atoms with Crippen LogP contribution in [0.15, 0.2) is 0 Å². The number of hydrogen-bond acceptors (Lipinski definition) is 3. The lowest BCUT2D eigenvalue weighted by atomic mass is 9.81. The first-order valence-corrected chi connectivity index (χ1v) is 5.46. The van der Waals surface area contributed by atoms with Crippen molar-refractivity contribution in [2.45, 2.75) is 66.7 Å². The first-order valence-electron chi connectivity index (χ1n) is 5.46. The molecule has 0 aromatic carbocycles. The van der Waals surface area contributed by atoms with E-state index in [0.29, 0.717) is 0 Å². The van der Waals surface area contributed by atoms with Gasteiger partial charge >= 0.3 is 6.75 Å². The highest BCUT2D eigenvalue weighted by molar-refractivity contribution is 6.59. The molecule has 14 heavy (non-hydrogen) atoms. The minimum Gasteiger partial charge on any atom is -0.543 e. The molecule has 86 valence electrons. The molecule has 0 saturated heterocycles. The monoisotopic (exact) mass is 203 g/mol. The van der Waals surface area contributed by atoms with Crippen molar-refractivity contribution >= 4 is 6.75 Å². The van der Waals surface area contributed by atoms with Crippen LogP contribution in [0.4, 0.5) is 0 Å². The van der Waals surface area contributed by atoms with Gasteiger partial charge < -0.3 is 14.0 Å². The van der Waals surface area contributed by atoms with Gasteiger partial charge in [0, 0.05) is 18.3 Å². The molecule has 0 aliphatic carbocycles. The minimum atomic E-state index is -1.61. The highest BCUT2D eigenvalue weighted by Crippen LogP contribution is 2.16. The maximum atomic E-state index is 5.68. The third kappa shape index (κ3) is 6.41. The van der Waals surface area contributed by atoms with Crippen molar-refractivity contribution < 1.29 is 14.0 Å². The lowest BCUT2D eigenvalue weighted by Gasteiger charge is -2.43. The summed E-state index contributed by atoms with van der Waals surface area (Å²) in [6, 6.07) is 0. The molecule has 0 aliphatic heterocycles. The van der Waals surface area contributed by atoms with E-state index in [1.807, 2.05) is 48.4 Å². The Morgan fingerprint density at radius 2 is 0.857 bits per heavy atom. The molecule has 0 atom stereocenters. The zero-order valence-electron chi connectivity index (χ0n) is 10.5. The van der Waals surface area contributed by atoms with E-state index in [9.17, 15) is 0 Å². The van der Waals surface area contributed by atoms with Crippen LogP contribution in [0.5, 0.6) is 0 Å². The van der Waals surface area contributed by atoms with Crippen LogP contribution in [0.2, 0.25) is 6.82 Å². The molecule has 0 aliphatic rings. The Labute approximate surface area is 88.1 Å². The summed E-state index contributed by atoms with van der Waals surface area (Å²) in [5.41, 5.74) is 0. The molecular formula is C10H24BO3-. The largest absolute Gasteiger partial charge is 0.543 e. The smallest absolute Gasteiger partial charge is 0.376 e. The highest BCUT2D eigenvalue weighted by atomic mass is 16.8. The fraction of sp³-hybridized carbons (Fsp3) is 1.00. The van der Waals surface area contributed by atoms with Crippen molar-refractivity contribution in [3.05, 3.63) is 0 Å². The first kappa shape index (κ1) is 13.9. The zero-order chi connectivity index (χ0) is 11.4. The Bertz CT molecular complexity index is 131. The lowest BCUT2D eigenvalue weighted by molar-refractivity contribution is 0.00886.